The van der Waals surface area contributed by atoms with Gasteiger partial charge in [0.15, 0.2) is 11.5 Å². The molecule has 1 saturated heterocycles. The third-order valence-corrected chi connectivity index (χ3v) is 4.60. The highest BCUT2D eigenvalue weighted by atomic mass is 32.2. The molecule has 1 heterocycles. The number of carboxylic acids is 1. The van der Waals surface area contributed by atoms with Crippen LogP contribution >= 0.6 is 11.8 Å². The van der Waals surface area contributed by atoms with Crippen molar-refractivity contribution in [3.05, 3.63) is 23.8 Å². The fraction of sp³-hybridized carbons (Fsp3) is 0.533. The molecule has 0 radical (unpaired) electrons. The van der Waals surface area contributed by atoms with Gasteiger partial charge in [-0.15, -0.1) is 0 Å². The van der Waals surface area contributed by atoms with Crippen molar-refractivity contribution in [2.75, 3.05) is 18.6 Å². The predicted molar refractivity (Wildman–Crippen MR) is 83.2 cm³/mol. The minimum absolute atomic E-state index is 0.0582. The summed E-state index contributed by atoms with van der Waals surface area (Å²) >= 11 is 1.88. The highest BCUT2D eigenvalue weighted by Gasteiger charge is 2.20. The first-order chi connectivity index (χ1) is 10.1. The van der Waals surface area contributed by atoms with E-state index in [4.69, 9.17) is 20.3 Å². The van der Waals surface area contributed by atoms with E-state index in [1.54, 1.807) is 7.11 Å². The number of carbonyl (C=O) groups is 1. The smallest absolute Gasteiger partial charge is 0.303 e. The van der Waals surface area contributed by atoms with E-state index in [9.17, 15) is 4.79 Å². The largest absolute Gasteiger partial charge is 0.493 e. The Morgan fingerprint density at radius 2 is 2.33 bits per heavy atom. The van der Waals surface area contributed by atoms with Gasteiger partial charge in [-0.05, 0) is 36.3 Å². The van der Waals surface area contributed by atoms with Crippen molar-refractivity contribution in [2.45, 2.75) is 31.4 Å². The van der Waals surface area contributed by atoms with Crippen molar-refractivity contribution in [1.29, 1.82) is 0 Å². The summed E-state index contributed by atoms with van der Waals surface area (Å²) in [6, 6.07) is 5.25. The molecule has 5 nitrogen and oxygen atoms in total. The summed E-state index contributed by atoms with van der Waals surface area (Å²) < 4.78 is 11.3. The molecule has 1 aliphatic heterocycles. The fourth-order valence-corrected chi connectivity index (χ4v) is 3.34. The Hall–Kier alpha value is -1.40. The summed E-state index contributed by atoms with van der Waals surface area (Å²) in [6.07, 6.45) is 1.70. The highest BCUT2D eigenvalue weighted by molar-refractivity contribution is 7.99. The monoisotopic (exact) mass is 311 g/mol. The zero-order valence-corrected chi connectivity index (χ0v) is 12.9. The number of thioether (sulfide) groups is 1. The minimum Gasteiger partial charge on any atom is -0.493 e. The van der Waals surface area contributed by atoms with Crippen LogP contribution in [0.2, 0.25) is 0 Å². The fourth-order valence-electron chi connectivity index (χ4n) is 2.25. The van der Waals surface area contributed by atoms with Crippen molar-refractivity contribution in [3.8, 4) is 11.5 Å². The Morgan fingerprint density at radius 1 is 1.52 bits per heavy atom. The van der Waals surface area contributed by atoms with Gasteiger partial charge in [0.05, 0.1) is 7.11 Å². The van der Waals surface area contributed by atoms with Gasteiger partial charge in [-0.1, -0.05) is 6.07 Å². The van der Waals surface area contributed by atoms with Crippen LogP contribution in [0.3, 0.4) is 0 Å². The molecule has 21 heavy (non-hydrogen) atoms. The molecule has 2 unspecified atom stereocenters. The van der Waals surface area contributed by atoms with Crippen LogP contribution in [0.5, 0.6) is 11.5 Å². The summed E-state index contributed by atoms with van der Waals surface area (Å²) in [5, 5.41) is 8.73. The maximum absolute atomic E-state index is 10.6. The molecule has 0 bridgehead atoms. The molecule has 0 aliphatic carbocycles. The average molecular weight is 311 g/mol. The lowest BCUT2D eigenvalue weighted by molar-refractivity contribution is -0.137. The molecular formula is C15H21NO4S. The lowest BCUT2D eigenvalue weighted by atomic mass is 10.0. The van der Waals surface area contributed by atoms with E-state index >= 15 is 0 Å². The Balaban J connectivity index is 2.10. The van der Waals surface area contributed by atoms with E-state index in [-0.39, 0.29) is 18.6 Å². The second-order valence-electron chi connectivity index (χ2n) is 5.05. The molecule has 2 atom stereocenters. The lowest BCUT2D eigenvalue weighted by Gasteiger charge is -2.18. The van der Waals surface area contributed by atoms with Crippen LogP contribution in [0, 0.1) is 0 Å². The van der Waals surface area contributed by atoms with Crippen molar-refractivity contribution in [1.82, 2.24) is 0 Å². The maximum Gasteiger partial charge on any atom is 0.303 e. The molecule has 0 amide bonds. The number of hydrogen-bond donors (Lipinski definition) is 2. The molecule has 0 spiro atoms. The molecule has 1 aromatic rings. The summed E-state index contributed by atoms with van der Waals surface area (Å²) in [5.74, 6) is 2.64. The van der Waals surface area contributed by atoms with Crippen LogP contribution in [0.15, 0.2) is 18.2 Å². The molecule has 116 valence electrons. The first-order valence-corrected chi connectivity index (χ1v) is 8.15. The van der Waals surface area contributed by atoms with Gasteiger partial charge in [-0.3, -0.25) is 4.79 Å². The molecule has 1 fully saturated rings. The number of ether oxygens (including phenoxy) is 2. The van der Waals surface area contributed by atoms with Gasteiger partial charge in [-0.25, -0.2) is 0 Å². The number of carboxylic acid groups (broad SMARTS) is 1. The Kier molecular flexibility index (Phi) is 5.76. The van der Waals surface area contributed by atoms with E-state index in [0.29, 0.717) is 17.9 Å². The molecule has 0 aromatic heterocycles. The second-order valence-corrected chi connectivity index (χ2v) is 6.20. The zero-order valence-electron chi connectivity index (χ0n) is 12.1. The van der Waals surface area contributed by atoms with Gasteiger partial charge < -0.3 is 20.3 Å². The zero-order chi connectivity index (χ0) is 15.2. The highest BCUT2D eigenvalue weighted by Crippen LogP contribution is 2.33. The van der Waals surface area contributed by atoms with Gasteiger partial charge in [0.1, 0.15) is 6.10 Å². The van der Waals surface area contributed by atoms with Crippen molar-refractivity contribution in [2.24, 2.45) is 5.73 Å². The molecule has 2 rings (SSSR count). The standard InChI is InChI=1S/C15H21NO4S/c1-19-13-4-2-10(12(16)3-5-15(17)18)8-14(13)20-11-6-7-21-9-11/h2,4,8,11-12H,3,5-7,9,16H2,1H3,(H,17,18). The topological polar surface area (TPSA) is 81.8 Å². The molecule has 0 saturated carbocycles. The lowest BCUT2D eigenvalue weighted by Crippen LogP contribution is -2.16. The van der Waals surface area contributed by atoms with Crippen LogP contribution in [-0.2, 0) is 4.79 Å². The number of aliphatic carboxylic acids is 1. The molecular weight excluding hydrogens is 290 g/mol. The Labute approximate surface area is 128 Å². The first-order valence-electron chi connectivity index (χ1n) is 7.00. The SMILES string of the molecule is COc1ccc(C(N)CCC(=O)O)cc1OC1CCSC1. The van der Waals surface area contributed by atoms with Gasteiger partial charge in [0.2, 0.25) is 0 Å². The van der Waals surface area contributed by atoms with Crippen molar-refractivity contribution >= 4 is 17.7 Å². The molecule has 1 aromatic carbocycles. The number of rotatable bonds is 7. The van der Waals surface area contributed by atoms with Gasteiger partial charge in [0.25, 0.3) is 0 Å². The van der Waals surface area contributed by atoms with Crippen molar-refractivity contribution in [3.63, 3.8) is 0 Å². The van der Waals surface area contributed by atoms with Crippen LogP contribution in [0.1, 0.15) is 30.9 Å². The number of nitrogens with two attached hydrogens (primary N) is 1. The Bertz CT molecular complexity index is 489. The van der Waals surface area contributed by atoms with Crippen LogP contribution < -0.4 is 15.2 Å². The van der Waals surface area contributed by atoms with Crippen LogP contribution in [0.25, 0.3) is 0 Å². The van der Waals surface area contributed by atoms with Gasteiger partial charge in [0, 0.05) is 18.2 Å². The normalized spacial score (nSPS) is 19.2. The first kappa shape index (κ1) is 16.0. The van der Waals surface area contributed by atoms with Crippen LogP contribution in [0.4, 0.5) is 0 Å². The van der Waals surface area contributed by atoms with E-state index in [2.05, 4.69) is 0 Å². The summed E-state index contributed by atoms with van der Waals surface area (Å²) in [6.45, 7) is 0. The number of methoxy groups -OCH3 is 1. The number of hydrogen-bond acceptors (Lipinski definition) is 5. The predicted octanol–water partition coefficient (Wildman–Crippen LogP) is 2.44. The number of benzene rings is 1. The molecule has 6 heteroatoms. The average Bonchev–Trinajstić information content (AvgIpc) is 2.97. The Morgan fingerprint density at radius 3 is 2.95 bits per heavy atom. The second kappa shape index (κ2) is 7.56. The van der Waals surface area contributed by atoms with Crippen LogP contribution in [-0.4, -0.2) is 35.8 Å². The summed E-state index contributed by atoms with van der Waals surface area (Å²) in [7, 11) is 1.61. The van der Waals surface area contributed by atoms with Gasteiger partial charge >= 0.3 is 5.97 Å². The van der Waals surface area contributed by atoms with E-state index in [1.165, 1.54) is 0 Å². The van der Waals surface area contributed by atoms with E-state index < -0.39 is 5.97 Å². The van der Waals surface area contributed by atoms with Crippen molar-refractivity contribution < 1.29 is 19.4 Å². The summed E-state index contributed by atoms with van der Waals surface area (Å²) in [5.41, 5.74) is 6.92. The molecule has 3 N–H and O–H groups in total. The third kappa shape index (κ3) is 4.54. The maximum atomic E-state index is 10.6. The van der Waals surface area contributed by atoms with E-state index in [0.717, 1.165) is 23.5 Å². The quantitative estimate of drug-likeness (QED) is 0.805. The molecule has 1 aliphatic rings. The van der Waals surface area contributed by atoms with Gasteiger partial charge in [-0.2, -0.15) is 11.8 Å². The third-order valence-electron chi connectivity index (χ3n) is 3.47. The summed E-state index contributed by atoms with van der Waals surface area (Å²) in [4.78, 5) is 10.6. The van der Waals surface area contributed by atoms with E-state index in [1.807, 2.05) is 30.0 Å². The minimum atomic E-state index is -0.835.